The van der Waals surface area contributed by atoms with Gasteiger partial charge in [0.25, 0.3) is 0 Å². The molecule has 0 bridgehead atoms. The van der Waals surface area contributed by atoms with E-state index in [1.54, 1.807) is 0 Å². The van der Waals surface area contributed by atoms with Crippen molar-refractivity contribution in [2.75, 3.05) is 6.54 Å². The fourth-order valence-electron chi connectivity index (χ4n) is 0.859. The third kappa shape index (κ3) is 4.32. The molecule has 0 saturated heterocycles. The second-order valence-electron chi connectivity index (χ2n) is 2.61. The Morgan fingerprint density at radius 3 is 2.79 bits per heavy atom. The number of hydrogen-bond acceptors (Lipinski definition) is 1. The quantitative estimate of drug-likeness (QED) is 0.642. The Kier molecular flexibility index (Phi) is 5.15. The number of rotatable bonds is 3. The van der Waals surface area contributed by atoms with Crippen molar-refractivity contribution < 1.29 is 19.4 Å². The van der Waals surface area contributed by atoms with E-state index in [1.165, 1.54) is 19.4 Å². The van der Waals surface area contributed by atoms with Crippen molar-refractivity contribution in [1.82, 2.24) is 5.32 Å². The zero-order valence-corrected chi connectivity index (χ0v) is 10.7. The Morgan fingerprint density at radius 2 is 2.14 bits per heavy atom. The average molecular weight is 353 g/mol. The fourth-order valence-corrected chi connectivity index (χ4v) is 1.34. The normalized spacial score (nSPS) is 8.57. The van der Waals surface area contributed by atoms with Gasteiger partial charge in [-0.2, -0.15) is 0 Å². The summed E-state index contributed by atoms with van der Waals surface area (Å²) in [7, 11) is 0. The van der Waals surface area contributed by atoms with Crippen molar-refractivity contribution in [3.05, 3.63) is 48.6 Å². The molecule has 0 fully saturated rings. The van der Waals surface area contributed by atoms with Crippen LogP contribution in [0.15, 0.2) is 43.0 Å². The first-order chi connectivity index (χ1) is 6.83. The van der Waals surface area contributed by atoms with Gasteiger partial charge < -0.3 is 0 Å². The van der Waals surface area contributed by atoms with E-state index < -0.39 is 0 Å². The SMILES string of the molecule is C=CCN[C](=[W])C#Cc1ccccc1. The molecular formula is C12H11NW. The van der Waals surface area contributed by atoms with Crippen LogP contribution in [0.25, 0.3) is 0 Å². The van der Waals surface area contributed by atoms with Gasteiger partial charge in [0, 0.05) is 0 Å². The maximum absolute atomic E-state index is 3.64. The van der Waals surface area contributed by atoms with Crippen LogP contribution in [0.2, 0.25) is 0 Å². The van der Waals surface area contributed by atoms with Gasteiger partial charge in [0.05, 0.1) is 0 Å². The third-order valence-corrected chi connectivity index (χ3v) is 2.39. The van der Waals surface area contributed by atoms with E-state index >= 15 is 0 Å². The van der Waals surface area contributed by atoms with Gasteiger partial charge in [-0.15, -0.1) is 0 Å². The molecular weight excluding hydrogens is 342 g/mol. The Hall–Kier alpha value is -0.962. The monoisotopic (exact) mass is 353 g/mol. The number of hydrogen-bond donors (Lipinski definition) is 1. The summed E-state index contributed by atoms with van der Waals surface area (Å²) in [4.78, 5) is 0. The molecule has 1 nitrogen and oxygen atoms in total. The van der Waals surface area contributed by atoms with Crippen LogP contribution in [0.1, 0.15) is 5.56 Å². The molecule has 0 atom stereocenters. The van der Waals surface area contributed by atoms with E-state index in [9.17, 15) is 0 Å². The second kappa shape index (κ2) is 6.49. The standard InChI is InChI=1S/C12H11N.W/c1-2-10-13-11-6-9-12-7-4-3-5-8-12;/h2-5,7-8,13H,1,10H2;. The van der Waals surface area contributed by atoms with E-state index in [2.05, 4.69) is 23.7 Å². The first-order valence-corrected chi connectivity index (χ1v) is 5.75. The molecule has 70 valence electrons. The number of benzene rings is 1. The summed E-state index contributed by atoms with van der Waals surface area (Å²) in [5.41, 5.74) is 1.05. The molecule has 0 amide bonds. The summed E-state index contributed by atoms with van der Waals surface area (Å²) < 4.78 is 1.05. The van der Waals surface area contributed by atoms with Crippen molar-refractivity contribution in [2.45, 2.75) is 0 Å². The fraction of sp³-hybridized carbons (Fsp3) is 0.0833. The topological polar surface area (TPSA) is 12.0 Å². The zero-order chi connectivity index (χ0) is 10.2. The molecule has 0 unspecified atom stereocenters. The van der Waals surface area contributed by atoms with Crippen molar-refractivity contribution in [3.63, 3.8) is 0 Å². The molecule has 0 aliphatic rings. The predicted octanol–water partition coefficient (Wildman–Crippen LogP) is 1.49. The molecule has 2 heteroatoms. The number of nitrogens with one attached hydrogen (secondary N) is 1. The van der Waals surface area contributed by atoms with Crippen LogP contribution in [-0.2, 0) is 19.4 Å². The molecule has 0 spiro atoms. The van der Waals surface area contributed by atoms with Gasteiger partial charge in [0.2, 0.25) is 0 Å². The second-order valence-corrected chi connectivity index (χ2v) is 4.08. The average Bonchev–Trinajstić information content (AvgIpc) is 2.25. The van der Waals surface area contributed by atoms with E-state index in [0.29, 0.717) is 0 Å². The van der Waals surface area contributed by atoms with Crippen LogP contribution < -0.4 is 5.32 Å². The summed E-state index contributed by atoms with van der Waals surface area (Å²) in [6.45, 7) is 4.42. The van der Waals surface area contributed by atoms with Gasteiger partial charge in [-0.1, -0.05) is 0 Å². The molecule has 0 aliphatic carbocycles. The summed E-state index contributed by atoms with van der Waals surface area (Å²) in [6, 6.07) is 9.97. The van der Waals surface area contributed by atoms with Crippen LogP contribution in [0.5, 0.6) is 0 Å². The Labute approximate surface area is 95.6 Å². The predicted molar refractivity (Wildman–Crippen MR) is 56.5 cm³/mol. The van der Waals surface area contributed by atoms with Gasteiger partial charge in [-0.3, -0.25) is 0 Å². The summed E-state index contributed by atoms with van der Waals surface area (Å²) in [5.74, 6) is 6.17. The van der Waals surface area contributed by atoms with Crippen molar-refractivity contribution >= 4 is 4.02 Å². The molecule has 1 aromatic rings. The first kappa shape index (κ1) is 11.1. The molecule has 1 aromatic carbocycles. The maximum atomic E-state index is 3.64. The molecule has 1 rings (SSSR count). The van der Waals surface area contributed by atoms with Gasteiger partial charge in [-0.25, -0.2) is 0 Å². The molecule has 0 aromatic heterocycles. The van der Waals surface area contributed by atoms with Crippen molar-refractivity contribution in [3.8, 4) is 11.8 Å². The van der Waals surface area contributed by atoms with Gasteiger partial charge in [0.1, 0.15) is 0 Å². The van der Waals surface area contributed by atoms with Gasteiger partial charge in [-0.05, 0) is 0 Å². The van der Waals surface area contributed by atoms with Crippen LogP contribution >= 0.6 is 0 Å². The summed E-state index contributed by atoms with van der Waals surface area (Å²) in [6.07, 6.45) is 1.83. The third-order valence-electron chi connectivity index (χ3n) is 1.50. The van der Waals surface area contributed by atoms with Crippen LogP contribution in [0.4, 0.5) is 0 Å². The van der Waals surface area contributed by atoms with E-state index in [-0.39, 0.29) is 0 Å². The van der Waals surface area contributed by atoms with Gasteiger partial charge >= 0.3 is 95.6 Å². The van der Waals surface area contributed by atoms with Crippen molar-refractivity contribution in [2.24, 2.45) is 0 Å². The molecule has 0 heterocycles. The van der Waals surface area contributed by atoms with Crippen LogP contribution in [0.3, 0.4) is 0 Å². The first-order valence-electron chi connectivity index (χ1n) is 4.28. The summed E-state index contributed by atoms with van der Waals surface area (Å²) >= 11 is 1.35. The van der Waals surface area contributed by atoms with Gasteiger partial charge in [0.15, 0.2) is 0 Å². The molecule has 0 radical (unpaired) electrons. The van der Waals surface area contributed by atoms with E-state index in [1.807, 2.05) is 36.4 Å². The Balaban J connectivity index is 2.55. The van der Waals surface area contributed by atoms with E-state index in [4.69, 9.17) is 0 Å². The summed E-state index contributed by atoms with van der Waals surface area (Å²) in [5, 5.41) is 3.16. The zero-order valence-electron chi connectivity index (χ0n) is 7.79. The van der Waals surface area contributed by atoms with Crippen LogP contribution in [0, 0.1) is 11.8 Å². The Bertz CT molecular complexity index is 370. The van der Waals surface area contributed by atoms with E-state index in [0.717, 1.165) is 16.1 Å². The van der Waals surface area contributed by atoms with Crippen LogP contribution in [-0.4, -0.2) is 10.6 Å². The molecule has 14 heavy (non-hydrogen) atoms. The molecule has 0 aliphatic heterocycles. The van der Waals surface area contributed by atoms with Crippen molar-refractivity contribution in [1.29, 1.82) is 0 Å². The minimum atomic E-state index is 0.780. The molecule has 1 N–H and O–H groups in total. The Morgan fingerprint density at radius 1 is 1.43 bits per heavy atom. The molecule has 0 saturated carbocycles. The minimum absolute atomic E-state index is 0.780.